The minimum Gasteiger partial charge on any atom is -0.481 e. The highest BCUT2D eigenvalue weighted by atomic mass is 16.4. The second-order valence-electron chi connectivity index (χ2n) is 6.67. The molecule has 0 heterocycles. The molecule has 126 valence electrons. The van der Waals surface area contributed by atoms with Gasteiger partial charge in [-0.3, -0.25) is 9.59 Å². The lowest BCUT2D eigenvalue weighted by Crippen LogP contribution is -2.41. The molecule has 1 aromatic carbocycles. The Bertz CT molecular complexity index is 507. The van der Waals surface area contributed by atoms with Crippen LogP contribution in [0, 0.1) is 11.8 Å². The highest BCUT2D eigenvalue weighted by Crippen LogP contribution is 2.24. The van der Waals surface area contributed by atoms with Crippen LogP contribution in [0.4, 0.5) is 0 Å². The van der Waals surface area contributed by atoms with Gasteiger partial charge in [-0.25, -0.2) is 0 Å². The third-order valence-electron chi connectivity index (χ3n) is 4.82. The van der Waals surface area contributed by atoms with Crippen molar-refractivity contribution in [3.63, 3.8) is 0 Å². The normalized spacial score (nSPS) is 22.3. The molecule has 2 rings (SSSR count). The Kier molecular flexibility index (Phi) is 6.63. The van der Waals surface area contributed by atoms with Crippen molar-refractivity contribution in [3.05, 3.63) is 35.9 Å². The van der Waals surface area contributed by atoms with Crippen molar-refractivity contribution in [3.8, 4) is 0 Å². The molecule has 1 aliphatic carbocycles. The molecule has 1 saturated carbocycles. The Hall–Kier alpha value is -1.84. The second-order valence-corrected chi connectivity index (χ2v) is 6.67. The monoisotopic (exact) mass is 317 g/mol. The smallest absolute Gasteiger partial charge is 0.306 e. The van der Waals surface area contributed by atoms with Crippen molar-refractivity contribution in [1.29, 1.82) is 0 Å². The third-order valence-corrected chi connectivity index (χ3v) is 4.82. The van der Waals surface area contributed by atoms with E-state index in [9.17, 15) is 9.59 Å². The van der Waals surface area contributed by atoms with E-state index >= 15 is 0 Å². The summed E-state index contributed by atoms with van der Waals surface area (Å²) >= 11 is 0. The van der Waals surface area contributed by atoms with Gasteiger partial charge in [0.1, 0.15) is 0 Å². The first kappa shape index (κ1) is 17.5. The van der Waals surface area contributed by atoms with Gasteiger partial charge in [0.25, 0.3) is 0 Å². The van der Waals surface area contributed by atoms with Crippen LogP contribution in [0.1, 0.15) is 51.0 Å². The highest BCUT2D eigenvalue weighted by Gasteiger charge is 2.27. The van der Waals surface area contributed by atoms with E-state index in [4.69, 9.17) is 5.11 Å². The average molecular weight is 317 g/mol. The van der Waals surface area contributed by atoms with Gasteiger partial charge in [0.15, 0.2) is 0 Å². The van der Waals surface area contributed by atoms with Crippen molar-refractivity contribution in [1.82, 2.24) is 5.32 Å². The van der Waals surface area contributed by atoms with Crippen molar-refractivity contribution in [2.24, 2.45) is 11.8 Å². The molecule has 1 amide bonds. The van der Waals surface area contributed by atoms with Gasteiger partial charge in [-0.05, 0) is 50.5 Å². The maximum Gasteiger partial charge on any atom is 0.306 e. The molecule has 0 spiro atoms. The predicted molar refractivity (Wildman–Crippen MR) is 90.1 cm³/mol. The number of carboxylic acids is 1. The number of hydrogen-bond donors (Lipinski definition) is 2. The first-order valence-electron chi connectivity index (χ1n) is 8.63. The highest BCUT2D eigenvalue weighted by molar-refractivity contribution is 5.78. The summed E-state index contributed by atoms with van der Waals surface area (Å²) in [6, 6.07) is 10.5. The molecule has 2 N–H and O–H groups in total. The molecule has 1 fully saturated rings. The summed E-state index contributed by atoms with van der Waals surface area (Å²) in [5, 5.41) is 12.1. The lowest BCUT2D eigenvalue weighted by Gasteiger charge is -2.27. The molecular formula is C19H27NO3. The van der Waals surface area contributed by atoms with Crippen molar-refractivity contribution < 1.29 is 14.7 Å². The van der Waals surface area contributed by atoms with E-state index < -0.39 is 5.97 Å². The van der Waals surface area contributed by atoms with Crippen molar-refractivity contribution in [2.75, 3.05) is 0 Å². The van der Waals surface area contributed by atoms with Gasteiger partial charge in [0, 0.05) is 12.0 Å². The number of carbonyl (C=O) groups excluding carboxylic acids is 1. The first-order valence-corrected chi connectivity index (χ1v) is 8.63. The molecule has 4 nitrogen and oxygen atoms in total. The van der Waals surface area contributed by atoms with Gasteiger partial charge in [0.2, 0.25) is 5.91 Å². The van der Waals surface area contributed by atoms with Gasteiger partial charge in [0.05, 0.1) is 5.92 Å². The van der Waals surface area contributed by atoms with Gasteiger partial charge in [-0.2, -0.15) is 0 Å². The zero-order valence-electron chi connectivity index (χ0n) is 13.8. The number of benzene rings is 1. The summed E-state index contributed by atoms with van der Waals surface area (Å²) in [6.07, 6.45) is 5.78. The third kappa shape index (κ3) is 5.70. The molecular weight excluding hydrogens is 290 g/mol. The number of carboxylic acid groups (broad SMARTS) is 1. The SMILES string of the molecule is CC(CCCc1ccccc1)C(=O)NC1CCC(C(=O)O)CC1. The van der Waals surface area contributed by atoms with Crippen LogP contribution < -0.4 is 5.32 Å². The van der Waals surface area contributed by atoms with Gasteiger partial charge in [-0.15, -0.1) is 0 Å². The van der Waals surface area contributed by atoms with Crippen LogP contribution in [-0.4, -0.2) is 23.0 Å². The van der Waals surface area contributed by atoms with E-state index in [-0.39, 0.29) is 23.8 Å². The molecule has 4 heteroatoms. The number of nitrogens with one attached hydrogen (secondary N) is 1. The molecule has 1 aromatic rings. The number of amides is 1. The number of rotatable bonds is 7. The Balaban J connectivity index is 1.66. The summed E-state index contributed by atoms with van der Waals surface area (Å²) in [5.74, 6) is -0.816. The standard InChI is InChI=1S/C19H27NO3/c1-14(6-5-9-15-7-3-2-4-8-15)18(21)20-17-12-10-16(11-13-17)19(22)23/h2-4,7-8,14,16-17H,5-6,9-13H2,1H3,(H,20,21)(H,22,23). The molecule has 0 saturated heterocycles. The number of aliphatic carboxylic acids is 1. The molecule has 1 unspecified atom stereocenters. The maximum atomic E-state index is 12.2. The molecule has 1 aliphatic rings. The Labute approximate surface area is 138 Å². The second kappa shape index (κ2) is 8.70. The molecule has 23 heavy (non-hydrogen) atoms. The molecule has 0 bridgehead atoms. The number of aryl methyl sites for hydroxylation is 1. The topological polar surface area (TPSA) is 66.4 Å². The van der Waals surface area contributed by atoms with E-state index in [1.54, 1.807) is 0 Å². The summed E-state index contributed by atoms with van der Waals surface area (Å²) in [6.45, 7) is 1.98. The number of hydrogen-bond acceptors (Lipinski definition) is 2. The van der Waals surface area contributed by atoms with Crippen molar-refractivity contribution in [2.45, 2.75) is 57.9 Å². The fraction of sp³-hybridized carbons (Fsp3) is 0.579. The van der Waals surface area contributed by atoms with Crippen LogP contribution in [0.2, 0.25) is 0 Å². The van der Waals surface area contributed by atoms with Gasteiger partial charge >= 0.3 is 5.97 Å². The maximum absolute atomic E-state index is 12.2. The summed E-state index contributed by atoms with van der Waals surface area (Å²) in [5.41, 5.74) is 1.31. The molecule has 0 aromatic heterocycles. The fourth-order valence-corrected chi connectivity index (χ4v) is 3.22. The van der Waals surface area contributed by atoms with Crippen molar-refractivity contribution >= 4 is 11.9 Å². The van der Waals surface area contributed by atoms with Crippen LogP contribution in [-0.2, 0) is 16.0 Å². The van der Waals surface area contributed by atoms with E-state index in [0.29, 0.717) is 12.8 Å². The number of carbonyl (C=O) groups is 2. The average Bonchev–Trinajstić information content (AvgIpc) is 2.56. The van der Waals surface area contributed by atoms with Crippen LogP contribution in [0.3, 0.4) is 0 Å². The zero-order valence-corrected chi connectivity index (χ0v) is 13.8. The zero-order chi connectivity index (χ0) is 16.7. The minimum atomic E-state index is -0.705. The van der Waals surface area contributed by atoms with Crippen LogP contribution >= 0.6 is 0 Å². The van der Waals surface area contributed by atoms with E-state index in [1.165, 1.54) is 5.56 Å². The molecule has 0 aliphatic heterocycles. The summed E-state index contributed by atoms with van der Waals surface area (Å²) < 4.78 is 0. The predicted octanol–water partition coefficient (Wildman–Crippen LogP) is 3.41. The minimum absolute atomic E-state index is 0.0101. The largest absolute Gasteiger partial charge is 0.481 e. The van der Waals surface area contributed by atoms with E-state index in [2.05, 4.69) is 17.4 Å². The Morgan fingerprint density at radius 1 is 1.17 bits per heavy atom. The molecule has 1 atom stereocenters. The van der Waals surface area contributed by atoms with Crippen LogP contribution in [0.5, 0.6) is 0 Å². The summed E-state index contributed by atoms with van der Waals surface area (Å²) in [7, 11) is 0. The van der Waals surface area contributed by atoms with E-state index in [0.717, 1.165) is 32.1 Å². The lowest BCUT2D eigenvalue weighted by atomic mass is 9.86. The molecule has 0 radical (unpaired) electrons. The van der Waals surface area contributed by atoms with Gasteiger partial charge < -0.3 is 10.4 Å². The first-order chi connectivity index (χ1) is 11.1. The Morgan fingerprint density at radius 2 is 1.83 bits per heavy atom. The van der Waals surface area contributed by atoms with Crippen LogP contribution in [0.25, 0.3) is 0 Å². The quantitative estimate of drug-likeness (QED) is 0.810. The van der Waals surface area contributed by atoms with E-state index in [1.807, 2.05) is 25.1 Å². The van der Waals surface area contributed by atoms with Gasteiger partial charge in [-0.1, -0.05) is 37.3 Å². The summed E-state index contributed by atoms with van der Waals surface area (Å²) in [4.78, 5) is 23.2. The Morgan fingerprint density at radius 3 is 2.43 bits per heavy atom. The lowest BCUT2D eigenvalue weighted by molar-refractivity contribution is -0.142. The fourth-order valence-electron chi connectivity index (χ4n) is 3.22. The van der Waals surface area contributed by atoms with Crippen LogP contribution in [0.15, 0.2) is 30.3 Å².